The SMILES string of the molecule is C=CC(=O)OCCOCCC(=O)OCC12CC3CC(C1)C(=O)C(C3)C2. The molecule has 138 valence electrons. The van der Waals surface area contributed by atoms with E-state index in [-0.39, 0.29) is 49.5 Å². The molecular weight excluding hydrogens is 324 g/mol. The Labute approximate surface area is 147 Å². The van der Waals surface area contributed by atoms with Gasteiger partial charge in [-0.25, -0.2) is 4.79 Å². The first-order chi connectivity index (χ1) is 12.0. The Hall–Kier alpha value is -1.69. The minimum absolute atomic E-state index is 0.0276. The molecule has 2 unspecified atom stereocenters. The maximum absolute atomic E-state index is 12.2. The number of ketones is 1. The van der Waals surface area contributed by atoms with Crippen LogP contribution in [0.2, 0.25) is 0 Å². The van der Waals surface area contributed by atoms with Crippen LogP contribution < -0.4 is 0 Å². The maximum Gasteiger partial charge on any atom is 0.330 e. The summed E-state index contributed by atoms with van der Waals surface area (Å²) in [5, 5.41) is 0. The van der Waals surface area contributed by atoms with Gasteiger partial charge in [-0.1, -0.05) is 6.58 Å². The number of carbonyl (C=O) groups excluding carboxylic acids is 3. The molecule has 0 spiro atoms. The van der Waals surface area contributed by atoms with Crippen molar-refractivity contribution in [2.45, 2.75) is 38.5 Å². The van der Waals surface area contributed by atoms with Gasteiger partial charge in [0.25, 0.3) is 0 Å². The Morgan fingerprint density at radius 3 is 2.48 bits per heavy atom. The van der Waals surface area contributed by atoms with Gasteiger partial charge in [0.1, 0.15) is 12.4 Å². The Balaban J connectivity index is 1.32. The lowest BCUT2D eigenvalue weighted by atomic mass is 9.49. The molecule has 0 heterocycles. The molecular formula is C19H26O6. The quantitative estimate of drug-likeness (QED) is 0.360. The molecule has 25 heavy (non-hydrogen) atoms. The number of hydrogen-bond acceptors (Lipinski definition) is 6. The summed E-state index contributed by atoms with van der Waals surface area (Å²) in [6.07, 6.45) is 6.21. The Morgan fingerprint density at radius 2 is 1.80 bits per heavy atom. The van der Waals surface area contributed by atoms with Gasteiger partial charge in [-0.15, -0.1) is 0 Å². The largest absolute Gasteiger partial charge is 0.465 e. The second-order valence-corrected chi connectivity index (χ2v) is 7.64. The average molecular weight is 350 g/mol. The fraction of sp³-hybridized carbons (Fsp3) is 0.737. The van der Waals surface area contributed by atoms with Crippen LogP contribution in [0.15, 0.2) is 12.7 Å². The van der Waals surface area contributed by atoms with E-state index in [9.17, 15) is 14.4 Å². The van der Waals surface area contributed by atoms with Crippen LogP contribution in [0.5, 0.6) is 0 Å². The van der Waals surface area contributed by atoms with Gasteiger partial charge in [0.05, 0.1) is 26.2 Å². The number of esters is 2. The van der Waals surface area contributed by atoms with Crippen LogP contribution in [0.4, 0.5) is 0 Å². The van der Waals surface area contributed by atoms with E-state index in [0.29, 0.717) is 18.3 Å². The lowest BCUT2D eigenvalue weighted by Crippen LogP contribution is -2.53. The molecule has 4 fully saturated rings. The van der Waals surface area contributed by atoms with Crippen molar-refractivity contribution in [3.63, 3.8) is 0 Å². The predicted molar refractivity (Wildman–Crippen MR) is 88.5 cm³/mol. The van der Waals surface area contributed by atoms with Crippen LogP contribution in [-0.4, -0.2) is 44.1 Å². The van der Waals surface area contributed by atoms with Crippen molar-refractivity contribution in [2.75, 3.05) is 26.4 Å². The van der Waals surface area contributed by atoms with E-state index in [1.165, 1.54) is 0 Å². The molecule has 2 atom stereocenters. The van der Waals surface area contributed by atoms with Gasteiger partial charge in [0, 0.05) is 23.3 Å². The lowest BCUT2D eigenvalue weighted by molar-refractivity contribution is -0.162. The van der Waals surface area contributed by atoms with E-state index in [1.807, 2.05) is 0 Å². The third-order valence-electron chi connectivity index (χ3n) is 5.75. The summed E-state index contributed by atoms with van der Waals surface area (Å²) in [5.74, 6) is 0.722. The lowest BCUT2D eigenvalue weighted by Gasteiger charge is -2.55. The molecule has 0 aromatic rings. The zero-order valence-electron chi connectivity index (χ0n) is 14.5. The fourth-order valence-corrected chi connectivity index (χ4v) is 4.91. The molecule has 0 amide bonds. The molecule has 6 heteroatoms. The second-order valence-electron chi connectivity index (χ2n) is 7.64. The molecule has 6 nitrogen and oxygen atoms in total. The summed E-state index contributed by atoms with van der Waals surface area (Å²) in [7, 11) is 0. The van der Waals surface area contributed by atoms with Crippen molar-refractivity contribution in [3.05, 3.63) is 12.7 Å². The number of rotatable bonds is 9. The highest BCUT2D eigenvalue weighted by Crippen LogP contribution is 2.58. The van der Waals surface area contributed by atoms with Crippen molar-refractivity contribution >= 4 is 17.7 Å². The van der Waals surface area contributed by atoms with Crippen LogP contribution in [-0.2, 0) is 28.6 Å². The number of Topliss-reactive ketones (excluding diaryl/α,β-unsaturated/α-hetero) is 1. The zero-order valence-corrected chi connectivity index (χ0v) is 14.5. The Kier molecular flexibility index (Phi) is 5.57. The van der Waals surface area contributed by atoms with E-state index in [2.05, 4.69) is 6.58 Å². The predicted octanol–water partition coefficient (Wildman–Crippen LogP) is 2.06. The molecule has 0 radical (unpaired) electrons. The number of carbonyl (C=O) groups is 3. The molecule has 0 saturated heterocycles. The monoisotopic (exact) mass is 350 g/mol. The third kappa shape index (κ3) is 4.29. The molecule has 4 aliphatic carbocycles. The molecule has 4 rings (SSSR count). The first-order valence-electron chi connectivity index (χ1n) is 9.08. The maximum atomic E-state index is 12.2. The molecule has 0 N–H and O–H groups in total. The minimum atomic E-state index is -0.489. The summed E-state index contributed by atoms with van der Waals surface area (Å²) >= 11 is 0. The summed E-state index contributed by atoms with van der Waals surface area (Å²) in [6.45, 7) is 4.35. The van der Waals surface area contributed by atoms with Gasteiger partial charge >= 0.3 is 11.9 Å². The van der Waals surface area contributed by atoms with Crippen LogP contribution in [0, 0.1) is 23.2 Å². The molecule has 4 bridgehead atoms. The van der Waals surface area contributed by atoms with Gasteiger partial charge in [-0.2, -0.15) is 0 Å². The smallest absolute Gasteiger partial charge is 0.330 e. The highest BCUT2D eigenvalue weighted by atomic mass is 16.6. The number of hydrogen-bond donors (Lipinski definition) is 0. The minimum Gasteiger partial charge on any atom is -0.465 e. The van der Waals surface area contributed by atoms with Crippen LogP contribution in [0.1, 0.15) is 38.5 Å². The normalized spacial score (nSPS) is 32.5. The first-order valence-corrected chi connectivity index (χ1v) is 9.08. The van der Waals surface area contributed by atoms with Crippen molar-refractivity contribution in [1.29, 1.82) is 0 Å². The zero-order chi connectivity index (χ0) is 17.9. The van der Waals surface area contributed by atoms with Gasteiger partial charge in [0.2, 0.25) is 0 Å². The van der Waals surface area contributed by atoms with Crippen molar-refractivity contribution < 1.29 is 28.6 Å². The van der Waals surface area contributed by atoms with Crippen LogP contribution >= 0.6 is 0 Å². The van der Waals surface area contributed by atoms with Gasteiger partial charge in [-0.05, 0) is 38.0 Å². The van der Waals surface area contributed by atoms with Gasteiger partial charge < -0.3 is 14.2 Å². The summed E-state index contributed by atoms with van der Waals surface area (Å²) in [4.78, 5) is 34.9. The molecule has 0 aromatic carbocycles. The summed E-state index contributed by atoms with van der Waals surface area (Å²) < 4.78 is 15.5. The van der Waals surface area contributed by atoms with Crippen molar-refractivity contribution in [3.8, 4) is 0 Å². The topological polar surface area (TPSA) is 78.9 Å². The van der Waals surface area contributed by atoms with Crippen LogP contribution in [0.25, 0.3) is 0 Å². The fourth-order valence-electron chi connectivity index (χ4n) is 4.91. The highest BCUT2D eigenvalue weighted by Gasteiger charge is 2.55. The Morgan fingerprint density at radius 1 is 1.08 bits per heavy atom. The summed E-state index contributed by atoms with van der Waals surface area (Å²) in [6, 6.07) is 0. The second kappa shape index (κ2) is 7.68. The van der Waals surface area contributed by atoms with E-state index in [0.717, 1.165) is 38.2 Å². The van der Waals surface area contributed by atoms with Gasteiger partial charge in [0.15, 0.2) is 0 Å². The average Bonchev–Trinajstić information content (AvgIpc) is 2.60. The highest BCUT2D eigenvalue weighted by molar-refractivity contribution is 5.85. The Bertz CT molecular complexity index is 536. The first kappa shape index (κ1) is 18.1. The summed E-state index contributed by atoms with van der Waals surface area (Å²) in [5.41, 5.74) is 0.0276. The van der Waals surface area contributed by atoms with Gasteiger partial charge in [-0.3, -0.25) is 9.59 Å². The molecule has 4 aliphatic rings. The van der Waals surface area contributed by atoms with E-state index < -0.39 is 5.97 Å². The van der Waals surface area contributed by atoms with E-state index >= 15 is 0 Å². The van der Waals surface area contributed by atoms with Crippen molar-refractivity contribution in [2.24, 2.45) is 23.2 Å². The molecule has 0 aromatic heterocycles. The van der Waals surface area contributed by atoms with Crippen LogP contribution in [0.3, 0.4) is 0 Å². The standard InChI is InChI=1S/C19H26O6/c1-2-16(20)24-6-5-23-4-3-17(21)25-12-19-9-13-7-14(10-19)18(22)15(8-13)11-19/h2,13-15H,1,3-12H2. The number of ether oxygens (including phenoxy) is 3. The molecule has 4 saturated carbocycles. The molecule has 0 aliphatic heterocycles. The van der Waals surface area contributed by atoms with E-state index in [1.54, 1.807) is 0 Å². The van der Waals surface area contributed by atoms with E-state index in [4.69, 9.17) is 14.2 Å². The third-order valence-corrected chi connectivity index (χ3v) is 5.75. The van der Waals surface area contributed by atoms with Crippen molar-refractivity contribution in [1.82, 2.24) is 0 Å².